The maximum Gasteiger partial charge on any atom is 0.244 e. The van der Waals surface area contributed by atoms with Crippen LogP contribution < -0.4 is 11.5 Å². The summed E-state index contributed by atoms with van der Waals surface area (Å²) in [4.78, 5) is 12.5. The summed E-state index contributed by atoms with van der Waals surface area (Å²) in [6.45, 7) is 4.52. The summed E-state index contributed by atoms with van der Waals surface area (Å²) in [5.41, 5.74) is 10.0. The van der Waals surface area contributed by atoms with Gasteiger partial charge < -0.3 is 16.4 Å². The van der Waals surface area contributed by atoms with Gasteiger partial charge in [-0.05, 0) is 40.5 Å². The molecular formula is C9H21N3O. The van der Waals surface area contributed by atoms with Crippen LogP contribution in [0.5, 0.6) is 0 Å². The first-order valence-corrected chi connectivity index (χ1v) is 4.24. The van der Waals surface area contributed by atoms with Gasteiger partial charge in [0.25, 0.3) is 0 Å². The molecule has 4 N–H and O–H groups in total. The minimum Gasteiger partial charge on any atom is -0.366 e. The number of primary amides is 1. The zero-order valence-electron chi connectivity index (χ0n) is 8.84. The zero-order chi connectivity index (χ0) is 10.9. The molecule has 0 saturated carbocycles. The molecule has 4 heteroatoms. The smallest absolute Gasteiger partial charge is 0.244 e. The molecule has 0 aliphatic rings. The molecule has 13 heavy (non-hydrogen) atoms. The van der Waals surface area contributed by atoms with Gasteiger partial charge in [0.15, 0.2) is 0 Å². The molecule has 1 amide bonds. The Hall–Kier alpha value is -0.870. The van der Waals surface area contributed by atoms with E-state index in [0.29, 0.717) is 12.0 Å². The van der Waals surface area contributed by atoms with Gasteiger partial charge >= 0.3 is 0 Å². The van der Waals surface area contributed by atoms with E-state index in [1.54, 1.807) is 0 Å². The van der Waals surface area contributed by atoms with Crippen LogP contribution in [0.3, 0.4) is 0 Å². The minimum absolute atomic E-state index is 0.385. The van der Waals surface area contributed by atoms with Crippen LogP contribution in [0.15, 0.2) is 12.2 Å². The molecule has 0 atom stereocenters. The summed E-state index contributed by atoms with van der Waals surface area (Å²) in [6, 6.07) is 0. The van der Waals surface area contributed by atoms with Crippen molar-refractivity contribution in [1.82, 2.24) is 4.90 Å². The number of nitrogens with two attached hydrogens (primary N) is 2. The van der Waals surface area contributed by atoms with E-state index >= 15 is 0 Å². The van der Waals surface area contributed by atoms with E-state index in [1.807, 2.05) is 14.1 Å². The predicted molar refractivity (Wildman–Crippen MR) is 56.2 cm³/mol. The summed E-state index contributed by atoms with van der Waals surface area (Å²) < 4.78 is 0. The average Bonchev–Trinajstić information content (AvgIpc) is 2.07. The highest BCUT2D eigenvalue weighted by molar-refractivity contribution is 5.91. The van der Waals surface area contributed by atoms with Gasteiger partial charge in [-0.25, -0.2) is 0 Å². The van der Waals surface area contributed by atoms with E-state index in [0.717, 1.165) is 13.0 Å². The lowest BCUT2D eigenvalue weighted by atomic mass is 10.1. The highest BCUT2D eigenvalue weighted by Gasteiger charge is 2.00. The van der Waals surface area contributed by atoms with Gasteiger partial charge in [-0.15, -0.1) is 0 Å². The second kappa shape index (κ2) is 9.22. The molecule has 0 spiro atoms. The van der Waals surface area contributed by atoms with Crippen molar-refractivity contribution >= 4 is 5.91 Å². The first-order valence-electron chi connectivity index (χ1n) is 4.24. The van der Waals surface area contributed by atoms with Crippen molar-refractivity contribution in [2.75, 3.05) is 27.7 Å². The summed E-state index contributed by atoms with van der Waals surface area (Å²) in [7, 11) is 5.49. The number of hydrogen-bond acceptors (Lipinski definition) is 3. The largest absolute Gasteiger partial charge is 0.366 e. The van der Waals surface area contributed by atoms with Gasteiger partial charge in [0.1, 0.15) is 0 Å². The molecule has 0 heterocycles. The molecule has 0 aliphatic carbocycles. The SMILES string of the molecule is C=C(CCCN(C)C)C(N)=O.CN. The molecule has 0 rings (SSSR count). The van der Waals surface area contributed by atoms with Gasteiger partial charge in [-0.3, -0.25) is 4.79 Å². The molecule has 0 bridgehead atoms. The number of rotatable bonds is 5. The lowest BCUT2D eigenvalue weighted by molar-refractivity contribution is -0.114. The van der Waals surface area contributed by atoms with Crippen LogP contribution >= 0.6 is 0 Å². The summed E-state index contributed by atoms with van der Waals surface area (Å²) in [5.74, 6) is -0.385. The van der Waals surface area contributed by atoms with Crippen LogP contribution in [0.1, 0.15) is 12.8 Å². The lowest BCUT2D eigenvalue weighted by Crippen LogP contribution is -2.16. The summed E-state index contributed by atoms with van der Waals surface area (Å²) in [6.07, 6.45) is 1.64. The molecule has 0 aromatic carbocycles. The van der Waals surface area contributed by atoms with Gasteiger partial charge in [0.2, 0.25) is 5.91 Å². The number of carbonyl (C=O) groups excluding carboxylic acids is 1. The van der Waals surface area contributed by atoms with Crippen LogP contribution in [0, 0.1) is 0 Å². The maximum atomic E-state index is 10.5. The molecule has 0 unspecified atom stereocenters. The Morgan fingerprint density at radius 3 is 2.15 bits per heavy atom. The highest BCUT2D eigenvalue weighted by Crippen LogP contribution is 2.00. The van der Waals surface area contributed by atoms with E-state index in [9.17, 15) is 4.79 Å². The molecule has 4 nitrogen and oxygen atoms in total. The molecule has 0 aromatic rings. The topological polar surface area (TPSA) is 72.3 Å². The van der Waals surface area contributed by atoms with Crippen molar-refractivity contribution in [1.29, 1.82) is 0 Å². The average molecular weight is 187 g/mol. The Morgan fingerprint density at radius 2 is 1.85 bits per heavy atom. The Kier molecular flexibility index (Phi) is 10.4. The van der Waals surface area contributed by atoms with Crippen molar-refractivity contribution in [2.24, 2.45) is 11.5 Å². The minimum atomic E-state index is -0.385. The van der Waals surface area contributed by atoms with Gasteiger partial charge in [-0.2, -0.15) is 0 Å². The van der Waals surface area contributed by atoms with Crippen molar-refractivity contribution in [3.05, 3.63) is 12.2 Å². The summed E-state index contributed by atoms with van der Waals surface area (Å²) >= 11 is 0. The van der Waals surface area contributed by atoms with Gasteiger partial charge in [0.05, 0.1) is 0 Å². The fourth-order valence-corrected chi connectivity index (χ4v) is 0.732. The van der Waals surface area contributed by atoms with Crippen molar-refractivity contribution in [2.45, 2.75) is 12.8 Å². The van der Waals surface area contributed by atoms with E-state index in [-0.39, 0.29) is 5.91 Å². The van der Waals surface area contributed by atoms with Crippen LogP contribution in [0.4, 0.5) is 0 Å². The standard InChI is InChI=1S/C8H16N2O.CH5N/c1-7(8(9)11)5-4-6-10(2)3;1-2/h1,4-6H2,2-3H3,(H2,9,11);2H2,1H3. The molecule has 0 saturated heterocycles. The van der Waals surface area contributed by atoms with Gasteiger partial charge in [0, 0.05) is 5.57 Å². The predicted octanol–water partition coefficient (Wildman–Crippen LogP) is -0.0554. The Balaban J connectivity index is 0. The van der Waals surface area contributed by atoms with E-state index in [4.69, 9.17) is 5.73 Å². The van der Waals surface area contributed by atoms with Crippen molar-refractivity contribution in [3.63, 3.8) is 0 Å². The molecule has 0 fully saturated rings. The lowest BCUT2D eigenvalue weighted by Gasteiger charge is -2.08. The monoisotopic (exact) mass is 187 g/mol. The highest BCUT2D eigenvalue weighted by atomic mass is 16.1. The molecular weight excluding hydrogens is 166 g/mol. The fourth-order valence-electron chi connectivity index (χ4n) is 0.732. The second-order valence-electron chi connectivity index (χ2n) is 2.87. The van der Waals surface area contributed by atoms with Gasteiger partial charge in [-0.1, -0.05) is 6.58 Å². The molecule has 0 radical (unpaired) electrons. The molecule has 78 valence electrons. The third-order valence-corrected chi connectivity index (χ3v) is 1.43. The molecule has 0 aromatic heterocycles. The fraction of sp³-hybridized carbons (Fsp3) is 0.667. The van der Waals surface area contributed by atoms with Crippen molar-refractivity contribution in [3.8, 4) is 0 Å². The van der Waals surface area contributed by atoms with Crippen LogP contribution in [0.2, 0.25) is 0 Å². The zero-order valence-corrected chi connectivity index (χ0v) is 8.84. The van der Waals surface area contributed by atoms with Crippen LogP contribution in [-0.4, -0.2) is 38.5 Å². The number of nitrogens with zero attached hydrogens (tertiary/aromatic N) is 1. The Bertz CT molecular complexity index is 155. The van der Waals surface area contributed by atoms with E-state index in [2.05, 4.69) is 17.2 Å². The van der Waals surface area contributed by atoms with Crippen molar-refractivity contribution < 1.29 is 4.79 Å². The first-order chi connectivity index (χ1) is 6.04. The Morgan fingerprint density at radius 1 is 1.38 bits per heavy atom. The van der Waals surface area contributed by atoms with Crippen LogP contribution in [0.25, 0.3) is 0 Å². The maximum absolute atomic E-state index is 10.5. The third kappa shape index (κ3) is 11.1. The first kappa shape index (κ1) is 14.6. The number of carbonyl (C=O) groups is 1. The van der Waals surface area contributed by atoms with E-state index < -0.39 is 0 Å². The van der Waals surface area contributed by atoms with E-state index in [1.165, 1.54) is 7.05 Å². The number of amides is 1. The third-order valence-electron chi connectivity index (χ3n) is 1.43. The molecule has 0 aliphatic heterocycles. The Labute approximate surface area is 80.6 Å². The van der Waals surface area contributed by atoms with Crippen LogP contribution in [-0.2, 0) is 4.79 Å². The number of hydrogen-bond donors (Lipinski definition) is 2. The second-order valence-corrected chi connectivity index (χ2v) is 2.87. The quantitative estimate of drug-likeness (QED) is 0.592. The summed E-state index contributed by atoms with van der Waals surface area (Å²) in [5, 5.41) is 0. The normalized spacial score (nSPS) is 9.00.